The summed E-state index contributed by atoms with van der Waals surface area (Å²) in [5.74, 6) is 0.0490. The van der Waals surface area contributed by atoms with Crippen LogP contribution in [0.25, 0.3) is 11.2 Å². The van der Waals surface area contributed by atoms with E-state index in [9.17, 15) is 38.5 Å². The minimum atomic E-state index is -5.76. The molecule has 0 aliphatic carbocycles. The molecule has 238 valence electrons. The molecule has 0 aromatic carbocycles. The second kappa shape index (κ2) is 14.1. The van der Waals surface area contributed by atoms with E-state index in [2.05, 4.69) is 38.7 Å². The first kappa shape index (κ1) is 34.4. The van der Waals surface area contributed by atoms with Gasteiger partial charge in [-0.05, 0) is 12.8 Å². The maximum atomic E-state index is 12.1. The highest BCUT2D eigenvalue weighted by molar-refractivity contribution is 7.66. The highest BCUT2D eigenvalue weighted by Crippen LogP contribution is 2.66. The molecule has 3 heterocycles. The van der Waals surface area contributed by atoms with Crippen molar-refractivity contribution < 1.29 is 66.2 Å². The van der Waals surface area contributed by atoms with Gasteiger partial charge in [0.1, 0.15) is 24.6 Å². The average molecular weight is 663 g/mol. The quantitative estimate of drug-likeness (QED) is 0.0805. The van der Waals surface area contributed by atoms with Gasteiger partial charge >= 0.3 is 23.5 Å². The van der Waals surface area contributed by atoms with Gasteiger partial charge in [0.05, 0.1) is 6.61 Å². The molecule has 2 aromatic rings. The van der Waals surface area contributed by atoms with Gasteiger partial charge in [0, 0.05) is 20.0 Å². The molecule has 2 aromatic heterocycles. The molecule has 6 unspecified atom stereocenters. The lowest BCUT2D eigenvalue weighted by molar-refractivity contribution is -0.118. The zero-order valence-corrected chi connectivity index (χ0v) is 24.7. The Labute approximate surface area is 237 Å². The lowest BCUT2D eigenvalue weighted by Crippen LogP contribution is -2.33. The molecule has 24 heteroatoms. The minimum Gasteiger partial charge on any atom is -0.387 e. The van der Waals surface area contributed by atoms with E-state index < -0.39 is 54.6 Å². The van der Waals surface area contributed by atoms with Crippen molar-refractivity contribution >= 4 is 52.3 Å². The van der Waals surface area contributed by atoms with Gasteiger partial charge < -0.3 is 50.9 Å². The summed E-state index contributed by atoms with van der Waals surface area (Å²) >= 11 is 0. The number of nitrogens with two attached hydrogens (primary N) is 1. The summed E-state index contributed by atoms with van der Waals surface area (Å²) in [6, 6.07) is 0. The fraction of sp³-hybridized carbons (Fsp3) is 0.667. The maximum Gasteiger partial charge on any atom is 0.490 e. The molecule has 1 aliphatic heterocycles. The number of carbonyl (C=O) groups is 1. The van der Waals surface area contributed by atoms with Gasteiger partial charge in [-0.1, -0.05) is 12.8 Å². The number of ether oxygens (including phenoxy) is 1. The number of unbranched alkanes of at least 4 members (excludes halogenated alkanes) is 3. The topological polar surface area (TPSA) is 320 Å². The van der Waals surface area contributed by atoms with Gasteiger partial charge in [-0.15, -0.1) is 0 Å². The van der Waals surface area contributed by atoms with Crippen LogP contribution in [0.4, 0.5) is 11.8 Å². The number of nitrogen functional groups attached to an aromatic ring is 1. The van der Waals surface area contributed by atoms with Crippen molar-refractivity contribution in [2.24, 2.45) is 0 Å². The number of hydrogen-bond acceptors (Lipinski definition) is 15. The van der Waals surface area contributed by atoms with Gasteiger partial charge in [0.2, 0.25) is 11.9 Å². The van der Waals surface area contributed by atoms with Crippen LogP contribution in [0.15, 0.2) is 6.33 Å². The van der Waals surface area contributed by atoms with Crippen molar-refractivity contribution in [2.45, 2.75) is 57.1 Å². The molecule has 0 radical (unpaired) electrons. The highest BCUT2D eigenvalue weighted by Gasteiger charge is 2.47. The summed E-state index contributed by atoms with van der Waals surface area (Å²) in [6.45, 7) is 1.43. The van der Waals surface area contributed by atoms with E-state index in [1.807, 2.05) is 0 Å². The third kappa shape index (κ3) is 9.72. The molecule has 0 spiro atoms. The maximum absolute atomic E-state index is 12.1. The van der Waals surface area contributed by atoms with Crippen LogP contribution < -0.4 is 16.4 Å². The Kier molecular flexibility index (Phi) is 11.6. The second-order valence-corrected chi connectivity index (χ2v) is 13.4. The molecule has 0 bridgehead atoms. The number of rotatable bonds is 16. The number of phosphoric acid groups is 3. The Morgan fingerprint density at radius 1 is 1.02 bits per heavy atom. The molecule has 0 saturated carbocycles. The van der Waals surface area contributed by atoms with E-state index in [4.69, 9.17) is 20.3 Å². The summed E-state index contributed by atoms with van der Waals surface area (Å²) in [4.78, 5) is 59.6. The number of fused-ring (bicyclic) bond motifs is 1. The summed E-state index contributed by atoms with van der Waals surface area (Å²) < 4.78 is 53.2. The third-order valence-corrected chi connectivity index (χ3v) is 9.48. The number of imidazole rings is 1. The van der Waals surface area contributed by atoms with Crippen molar-refractivity contribution in [2.75, 3.05) is 30.7 Å². The third-order valence-electron chi connectivity index (χ3n) is 5.68. The number of nitrogens with one attached hydrogen (secondary N) is 2. The molecule has 1 fully saturated rings. The van der Waals surface area contributed by atoms with Gasteiger partial charge in [-0.25, -0.2) is 28.6 Å². The number of aliphatic hydroxyl groups excluding tert-OH is 2. The highest BCUT2D eigenvalue weighted by atomic mass is 31.3. The van der Waals surface area contributed by atoms with E-state index >= 15 is 0 Å². The van der Waals surface area contributed by atoms with Crippen LogP contribution in [0.1, 0.15) is 38.8 Å². The summed E-state index contributed by atoms with van der Waals surface area (Å²) in [7, 11) is -16.9. The number of aliphatic hydroxyl groups is 2. The van der Waals surface area contributed by atoms with Crippen molar-refractivity contribution in [3.63, 3.8) is 0 Å². The fourth-order valence-electron chi connectivity index (χ4n) is 3.91. The molecule has 21 nitrogen and oxygen atoms in total. The molecule has 1 saturated heterocycles. The first-order valence-electron chi connectivity index (χ1n) is 12.3. The largest absolute Gasteiger partial charge is 0.490 e. The molecule has 3 rings (SSSR count). The van der Waals surface area contributed by atoms with E-state index in [0.717, 1.165) is 25.6 Å². The Morgan fingerprint density at radius 2 is 1.69 bits per heavy atom. The number of phosphoric ester groups is 1. The van der Waals surface area contributed by atoms with Gasteiger partial charge in [-0.3, -0.25) is 13.9 Å². The first-order chi connectivity index (χ1) is 19.5. The Morgan fingerprint density at radius 3 is 2.33 bits per heavy atom. The van der Waals surface area contributed by atoms with E-state index in [1.54, 1.807) is 0 Å². The van der Waals surface area contributed by atoms with Crippen molar-refractivity contribution in [1.29, 1.82) is 0 Å². The van der Waals surface area contributed by atoms with Gasteiger partial charge in [-0.2, -0.15) is 8.62 Å². The number of nitrogens with zero attached hydrogens (tertiary/aromatic N) is 4. The van der Waals surface area contributed by atoms with Crippen LogP contribution in [0.2, 0.25) is 0 Å². The molecule has 10 N–H and O–H groups in total. The average Bonchev–Trinajstić information content (AvgIpc) is 3.34. The zero-order chi connectivity index (χ0) is 31.3. The number of amides is 1. The number of aromatic nitrogens is 4. The van der Waals surface area contributed by atoms with E-state index in [0.29, 0.717) is 19.5 Å². The Hall–Kier alpha value is -2.09. The smallest absolute Gasteiger partial charge is 0.387 e. The van der Waals surface area contributed by atoms with Crippen molar-refractivity contribution in [3.05, 3.63) is 6.33 Å². The van der Waals surface area contributed by atoms with Crippen LogP contribution in [-0.2, 0) is 36.4 Å². The van der Waals surface area contributed by atoms with Gasteiger partial charge in [0.15, 0.2) is 23.2 Å². The lowest BCUT2D eigenvalue weighted by Gasteiger charge is -2.20. The molecule has 1 amide bonds. The monoisotopic (exact) mass is 663 g/mol. The normalized spacial score (nSPS) is 23.9. The lowest BCUT2D eigenvalue weighted by atomic mass is 10.1. The van der Waals surface area contributed by atoms with Crippen LogP contribution >= 0.6 is 23.5 Å². The standard InChI is InChI=1S/C18H32N7O14P3/c1-10(26)20-6-4-2-3-5-7-21-18-24-12-15(19)22-9-23-16(12)25(18)17-14(28)13(27)11(37-17)8-36-41(32,33)39-42(34,35)38-40(29,30)31/h9,11,13-14,17,27-28H,2-8H2,1H3,(H,20,26)(H,21,24)(H,32,33)(H,34,35)(H2,19,22,23)(H2,29,30,31). The van der Waals surface area contributed by atoms with Crippen molar-refractivity contribution in [3.8, 4) is 0 Å². The SMILES string of the molecule is CC(=O)NCCCCCCNc1nc2c(N)ncnc2n1C1OC(COP(=O)(O)OP(=O)(O)OP(=O)(O)O)C(O)C1O. The molecule has 6 atom stereocenters. The predicted molar refractivity (Wildman–Crippen MR) is 141 cm³/mol. The van der Waals surface area contributed by atoms with Crippen LogP contribution in [0.3, 0.4) is 0 Å². The summed E-state index contributed by atoms with van der Waals surface area (Å²) in [5, 5.41) is 27.1. The number of anilines is 2. The molecular formula is C18H32N7O14P3. The molecular weight excluding hydrogens is 631 g/mol. The minimum absolute atomic E-state index is 0.0111. The summed E-state index contributed by atoms with van der Waals surface area (Å²) in [5.41, 5.74) is 6.19. The number of carbonyl (C=O) groups excluding carboxylic acids is 1. The van der Waals surface area contributed by atoms with Gasteiger partial charge in [0.25, 0.3) is 0 Å². The predicted octanol–water partition coefficient (Wildman–Crippen LogP) is -0.521. The number of hydrogen-bond donors (Lipinski definition) is 9. The van der Waals surface area contributed by atoms with Crippen LogP contribution in [-0.4, -0.2) is 93.2 Å². The van der Waals surface area contributed by atoms with Crippen LogP contribution in [0.5, 0.6) is 0 Å². The van der Waals surface area contributed by atoms with Crippen LogP contribution in [0, 0.1) is 0 Å². The van der Waals surface area contributed by atoms with E-state index in [1.165, 1.54) is 11.5 Å². The zero-order valence-electron chi connectivity index (χ0n) is 22.0. The summed E-state index contributed by atoms with van der Waals surface area (Å²) in [6.07, 6.45) is -2.03. The van der Waals surface area contributed by atoms with E-state index in [-0.39, 0.29) is 28.8 Å². The molecule has 1 aliphatic rings. The Bertz CT molecular complexity index is 1390. The fourth-order valence-corrected chi connectivity index (χ4v) is 6.94. The second-order valence-electron chi connectivity index (χ2n) is 8.99. The Balaban J connectivity index is 1.69. The van der Waals surface area contributed by atoms with Crippen molar-refractivity contribution in [1.82, 2.24) is 24.8 Å². The molecule has 42 heavy (non-hydrogen) atoms. The first-order valence-corrected chi connectivity index (χ1v) is 16.8.